The normalized spacial score (nSPS) is 10.5. The lowest BCUT2D eigenvalue weighted by atomic mass is 10.1. The molecule has 2 aromatic heterocycles. The van der Waals surface area contributed by atoms with Gasteiger partial charge >= 0.3 is 5.97 Å². The molecule has 0 aliphatic carbocycles. The minimum absolute atomic E-state index is 0.116. The zero-order valence-corrected chi connectivity index (χ0v) is 12.5. The van der Waals surface area contributed by atoms with Crippen molar-refractivity contribution in [3.63, 3.8) is 0 Å². The number of rotatable bonds is 5. The Kier molecular flexibility index (Phi) is 4.37. The molecule has 0 unspecified atom stereocenters. The number of carbonyl (C=O) groups excluding carboxylic acids is 1. The van der Waals surface area contributed by atoms with Gasteiger partial charge in [-0.2, -0.15) is 4.98 Å². The number of hydrogen-bond donors (Lipinski definition) is 0. The molecule has 23 heavy (non-hydrogen) atoms. The lowest BCUT2D eigenvalue weighted by molar-refractivity contribution is 0.0422. The van der Waals surface area contributed by atoms with E-state index in [2.05, 4.69) is 27.0 Å². The summed E-state index contributed by atoms with van der Waals surface area (Å²) in [4.78, 5) is 23.6. The monoisotopic (exact) mass is 310 g/mol. The van der Waals surface area contributed by atoms with Gasteiger partial charge in [-0.05, 0) is 12.0 Å². The van der Waals surface area contributed by atoms with E-state index < -0.39 is 5.97 Å². The highest BCUT2D eigenvalue weighted by molar-refractivity contribution is 5.86. The molecule has 0 saturated heterocycles. The van der Waals surface area contributed by atoms with Gasteiger partial charge in [0, 0.05) is 18.0 Å². The highest BCUT2D eigenvalue weighted by Gasteiger charge is 2.13. The van der Waals surface area contributed by atoms with Crippen molar-refractivity contribution in [3.8, 4) is 11.4 Å². The van der Waals surface area contributed by atoms with Crippen molar-refractivity contribution in [1.29, 1.82) is 0 Å². The first-order valence-corrected chi connectivity index (χ1v) is 7.11. The molecular formula is C16H14N4O3. The summed E-state index contributed by atoms with van der Waals surface area (Å²) in [7, 11) is 0. The predicted molar refractivity (Wildman–Crippen MR) is 80.3 cm³/mol. The second kappa shape index (κ2) is 6.78. The number of benzene rings is 1. The van der Waals surface area contributed by atoms with Gasteiger partial charge in [-0.25, -0.2) is 9.78 Å². The van der Waals surface area contributed by atoms with Gasteiger partial charge in [0.2, 0.25) is 5.82 Å². The molecule has 2 heterocycles. The van der Waals surface area contributed by atoms with E-state index in [1.807, 2.05) is 24.3 Å². The zero-order chi connectivity index (χ0) is 16.1. The van der Waals surface area contributed by atoms with Crippen LogP contribution in [0, 0.1) is 0 Å². The van der Waals surface area contributed by atoms with Crippen molar-refractivity contribution in [2.45, 2.75) is 20.0 Å². The molecular weight excluding hydrogens is 296 g/mol. The van der Waals surface area contributed by atoms with Crippen molar-refractivity contribution in [2.24, 2.45) is 0 Å². The number of nitrogens with zero attached hydrogens (tertiary/aromatic N) is 4. The molecule has 3 aromatic rings. The zero-order valence-electron chi connectivity index (χ0n) is 12.5. The Morgan fingerprint density at radius 3 is 2.74 bits per heavy atom. The Bertz CT molecular complexity index is 785. The lowest BCUT2D eigenvalue weighted by Gasteiger charge is -1.99. The summed E-state index contributed by atoms with van der Waals surface area (Å²) >= 11 is 0. The first kappa shape index (κ1) is 14.8. The summed E-state index contributed by atoms with van der Waals surface area (Å²) in [5.41, 5.74) is 2.20. The van der Waals surface area contributed by atoms with Crippen molar-refractivity contribution >= 4 is 5.97 Å². The Balaban J connectivity index is 1.64. The van der Waals surface area contributed by atoms with Crippen LogP contribution in [-0.2, 0) is 17.8 Å². The highest BCUT2D eigenvalue weighted by Crippen LogP contribution is 2.17. The van der Waals surface area contributed by atoms with Crippen molar-refractivity contribution < 1.29 is 14.1 Å². The van der Waals surface area contributed by atoms with Crippen LogP contribution in [0.5, 0.6) is 0 Å². The summed E-state index contributed by atoms with van der Waals surface area (Å²) in [6.07, 6.45) is 5.19. The van der Waals surface area contributed by atoms with Crippen molar-refractivity contribution in [1.82, 2.24) is 20.1 Å². The van der Waals surface area contributed by atoms with Crippen LogP contribution in [-0.4, -0.2) is 26.1 Å². The molecule has 0 fully saturated rings. The topological polar surface area (TPSA) is 91.0 Å². The summed E-state index contributed by atoms with van der Waals surface area (Å²) in [6, 6.07) is 7.89. The van der Waals surface area contributed by atoms with E-state index in [9.17, 15) is 4.79 Å². The third-order valence-electron chi connectivity index (χ3n) is 3.19. The molecule has 7 heteroatoms. The van der Waals surface area contributed by atoms with E-state index in [-0.39, 0.29) is 18.2 Å². The van der Waals surface area contributed by atoms with E-state index in [0.29, 0.717) is 5.82 Å². The average Bonchev–Trinajstić information content (AvgIpc) is 3.09. The smallest absolute Gasteiger partial charge is 0.359 e. The quantitative estimate of drug-likeness (QED) is 0.668. The predicted octanol–water partition coefficient (Wildman–Crippen LogP) is 2.45. The molecule has 0 atom stereocenters. The number of carbonyl (C=O) groups is 1. The van der Waals surface area contributed by atoms with E-state index >= 15 is 0 Å². The summed E-state index contributed by atoms with van der Waals surface area (Å²) in [6.45, 7) is 1.97. The van der Waals surface area contributed by atoms with Gasteiger partial charge in [0.05, 0.1) is 6.20 Å². The molecule has 7 nitrogen and oxygen atoms in total. The van der Waals surface area contributed by atoms with Crippen LogP contribution in [0.25, 0.3) is 11.4 Å². The van der Waals surface area contributed by atoms with Crippen molar-refractivity contribution in [2.75, 3.05) is 0 Å². The molecule has 0 aliphatic rings. The van der Waals surface area contributed by atoms with E-state index in [1.54, 1.807) is 0 Å². The third kappa shape index (κ3) is 3.57. The van der Waals surface area contributed by atoms with Gasteiger partial charge in [0.1, 0.15) is 0 Å². The SMILES string of the molecule is CCc1ccc(-c2noc(COC(=O)c3cnccn3)n2)cc1. The summed E-state index contributed by atoms with van der Waals surface area (Å²) in [5.74, 6) is 0.0835. The molecule has 0 bridgehead atoms. The third-order valence-corrected chi connectivity index (χ3v) is 3.19. The minimum Gasteiger partial charge on any atom is -0.451 e. The Morgan fingerprint density at radius 2 is 2.04 bits per heavy atom. The highest BCUT2D eigenvalue weighted by atomic mass is 16.6. The molecule has 0 saturated carbocycles. The van der Waals surface area contributed by atoms with Crippen LogP contribution < -0.4 is 0 Å². The van der Waals surface area contributed by atoms with Crippen LogP contribution in [0.15, 0.2) is 47.4 Å². The first-order valence-electron chi connectivity index (χ1n) is 7.11. The average molecular weight is 310 g/mol. The molecule has 0 amide bonds. The summed E-state index contributed by atoms with van der Waals surface area (Å²) < 4.78 is 10.1. The maximum Gasteiger partial charge on any atom is 0.359 e. The Labute approximate surface area is 132 Å². The van der Waals surface area contributed by atoms with E-state index in [4.69, 9.17) is 9.26 Å². The summed E-state index contributed by atoms with van der Waals surface area (Å²) in [5, 5.41) is 3.89. The Hall–Kier alpha value is -3.09. The van der Waals surface area contributed by atoms with Gasteiger partial charge in [-0.15, -0.1) is 0 Å². The number of ether oxygens (including phenoxy) is 1. The van der Waals surface area contributed by atoms with Crippen LogP contribution in [0.4, 0.5) is 0 Å². The fourth-order valence-electron chi connectivity index (χ4n) is 1.93. The van der Waals surface area contributed by atoms with Crippen LogP contribution in [0.3, 0.4) is 0 Å². The van der Waals surface area contributed by atoms with E-state index in [1.165, 1.54) is 24.2 Å². The van der Waals surface area contributed by atoms with Gasteiger partial charge in [-0.1, -0.05) is 36.3 Å². The maximum absolute atomic E-state index is 11.8. The Morgan fingerprint density at radius 1 is 1.22 bits per heavy atom. The molecule has 3 rings (SSSR count). The molecule has 1 aromatic carbocycles. The molecule has 0 radical (unpaired) electrons. The van der Waals surface area contributed by atoms with E-state index in [0.717, 1.165) is 12.0 Å². The maximum atomic E-state index is 11.8. The van der Waals surface area contributed by atoms with Gasteiger partial charge in [-0.3, -0.25) is 4.98 Å². The molecule has 116 valence electrons. The molecule has 0 spiro atoms. The lowest BCUT2D eigenvalue weighted by Crippen LogP contribution is -2.07. The second-order valence-electron chi connectivity index (χ2n) is 4.73. The first-order chi connectivity index (χ1) is 11.3. The second-order valence-corrected chi connectivity index (χ2v) is 4.73. The molecule has 0 aliphatic heterocycles. The van der Waals surface area contributed by atoms with Gasteiger partial charge < -0.3 is 9.26 Å². The largest absolute Gasteiger partial charge is 0.451 e. The van der Waals surface area contributed by atoms with Crippen LogP contribution in [0.1, 0.15) is 28.9 Å². The van der Waals surface area contributed by atoms with Crippen LogP contribution in [0.2, 0.25) is 0 Å². The number of esters is 1. The van der Waals surface area contributed by atoms with Crippen molar-refractivity contribution in [3.05, 3.63) is 60.0 Å². The standard InChI is InChI=1S/C16H14N4O3/c1-2-11-3-5-12(6-4-11)15-19-14(23-20-15)10-22-16(21)13-9-17-7-8-18-13/h3-9H,2,10H2,1H3. The van der Waals surface area contributed by atoms with Crippen LogP contribution >= 0.6 is 0 Å². The number of aryl methyl sites for hydroxylation is 1. The fourth-order valence-corrected chi connectivity index (χ4v) is 1.93. The number of aromatic nitrogens is 4. The molecule has 0 N–H and O–H groups in total. The fraction of sp³-hybridized carbons (Fsp3) is 0.188. The van der Waals surface area contributed by atoms with Gasteiger partial charge in [0.25, 0.3) is 5.89 Å². The van der Waals surface area contributed by atoms with Gasteiger partial charge in [0.15, 0.2) is 12.3 Å². The minimum atomic E-state index is -0.592. The number of hydrogen-bond acceptors (Lipinski definition) is 7.